The second kappa shape index (κ2) is 5.73. The number of hydrogen-bond acceptors (Lipinski definition) is 3. The van der Waals surface area contributed by atoms with Crippen molar-refractivity contribution in [2.45, 2.75) is 26.7 Å². The molecule has 20 heavy (non-hydrogen) atoms. The molecule has 2 rings (SSSR count). The van der Waals surface area contributed by atoms with Gasteiger partial charge in [0.1, 0.15) is 11.5 Å². The summed E-state index contributed by atoms with van der Waals surface area (Å²) in [6, 6.07) is 0. The van der Waals surface area contributed by atoms with Gasteiger partial charge in [0.25, 0.3) is 5.91 Å². The van der Waals surface area contributed by atoms with Gasteiger partial charge in [-0.25, -0.2) is 4.98 Å². The van der Waals surface area contributed by atoms with Gasteiger partial charge in [0, 0.05) is 5.69 Å². The molecule has 6 nitrogen and oxygen atoms in total. The Hall–Kier alpha value is -2.37. The molecule has 1 fully saturated rings. The van der Waals surface area contributed by atoms with E-state index in [0.717, 1.165) is 11.5 Å². The summed E-state index contributed by atoms with van der Waals surface area (Å²) in [4.78, 5) is 30.7. The van der Waals surface area contributed by atoms with Crippen LogP contribution in [0.2, 0.25) is 0 Å². The van der Waals surface area contributed by atoms with E-state index < -0.39 is 0 Å². The van der Waals surface area contributed by atoms with Crippen molar-refractivity contribution >= 4 is 24.0 Å². The first kappa shape index (κ1) is 14.0. The van der Waals surface area contributed by atoms with E-state index in [1.807, 2.05) is 32.9 Å². The summed E-state index contributed by atoms with van der Waals surface area (Å²) in [5.74, 6) is 0.433. The van der Waals surface area contributed by atoms with Gasteiger partial charge in [0.15, 0.2) is 0 Å². The number of imidazole rings is 1. The van der Waals surface area contributed by atoms with Gasteiger partial charge in [-0.3, -0.25) is 9.59 Å². The minimum atomic E-state index is -0.296. The molecule has 0 bridgehead atoms. The highest BCUT2D eigenvalue weighted by Crippen LogP contribution is 2.20. The van der Waals surface area contributed by atoms with E-state index in [2.05, 4.69) is 20.6 Å². The monoisotopic (exact) mass is 274 g/mol. The van der Waals surface area contributed by atoms with Gasteiger partial charge in [-0.05, 0) is 25.0 Å². The van der Waals surface area contributed by atoms with Crippen molar-refractivity contribution in [3.63, 3.8) is 0 Å². The Balaban J connectivity index is 2.40. The molecule has 0 spiro atoms. The number of carbonyl (C=O) groups excluding carboxylic acids is 2. The number of aromatic nitrogens is 2. The molecule has 6 heteroatoms. The first-order valence-corrected chi connectivity index (χ1v) is 6.53. The Morgan fingerprint density at radius 3 is 2.70 bits per heavy atom. The molecule has 1 aliphatic rings. The highest BCUT2D eigenvalue weighted by molar-refractivity contribution is 6.05. The second-order valence-electron chi connectivity index (χ2n) is 4.86. The van der Waals surface area contributed by atoms with Gasteiger partial charge >= 0.3 is 0 Å². The first-order valence-electron chi connectivity index (χ1n) is 6.53. The predicted molar refractivity (Wildman–Crippen MR) is 76.5 cm³/mol. The molecule has 0 aromatic carbocycles. The normalized spacial score (nSPS) is 17.9. The Morgan fingerprint density at radius 2 is 2.05 bits per heavy atom. The first-order chi connectivity index (χ1) is 9.51. The molecule has 1 saturated heterocycles. The van der Waals surface area contributed by atoms with Crippen molar-refractivity contribution < 1.29 is 9.59 Å². The van der Waals surface area contributed by atoms with Crippen LogP contribution in [0.3, 0.4) is 0 Å². The summed E-state index contributed by atoms with van der Waals surface area (Å²) >= 11 is 0. The zero-order chi connectivity index (χ0) is 14.7. The number of aromatic amines is 1. The standard InChI is InChI=1S/C14H18N4O2/c1-4-5-11-16-9(13(18-11)8(2)3)6-10-14(20)15-7-12(19)17-10/h4-6,8H,7H2,1-3H3,(H,15,20)(H,16,18)(H,17,19). The van der Waals surface area contributed by atoms with Crippen molar-refractivity contribution in [3.8, 4) is 0 Å². The highest BCUT2D eigenvalue weighted by Gasteiger charge is 2.21. The van der Waals surface area contributed by atoms with E-state index in [4.69, 9.17) is 0 Å². The minimum absolute atomic E-state index is 0.0115. The van der Waals surface area contributed by atoms with Crippen molar-refractivity contribution in [3.05, 3.63) is 29.0 Å². The summed E-state index contributed by atoms with van der Waals surface area (Å²) in [5, 5.41) is 5.07. The quantitative estimate of drug-likeness (QED) is 0.723. The third kappa shape index (κ3) is 2.96. The van der Waals surface area contributed by atoms with E-state index >= 15 is 0 Å². The number of piperazine rings is 1. The Morgan fingerprint density at radius 1 is 1.30 bits per heavy atom. The Bertz CT molecular complexity index is 596. The zero-order valence-electron chi connectivity index (χ0n) is 11.8. The lowest BCUT2D eigenvalue weighted by molar-refractivity contribution is -0.127. The average Bonchev–Trinajstić information content (AvgIpc) is 2.77. The number of nitrogens with zero attached hydrogens (tertiary/aromatic N) is 1. The van der Waals surface area contributed by atoms with Gasteiger partial charge in [-0.1, -0.05) is 19.9 Å². The lowest BCUT2D eigenvalue weighted by atomic mass is 10.1. The summed E-state index contributed by atoms with van der Waals surface area (Å²) in [5.41, 5.74) is 1.82. The van der Waals surface area contributed by atoms with Crippen molar-refractivity contribution in [1.29, 1.82) is 0 Å². The molecule has 106 valence electrons. The number of H-pyrrole nitrogens is 1. The number of amides is 2. The number of hydrogen-bond donors (Lipinski definition) is 3. The molecular weight excluding hydrogens is 256 g/mol. The van der Waals surface area contributed by atoms with Crippen molar-refractivity contribution in [2.24, 2.45) is 0 Å². The smallest absolute Gasteiger partial charge is 0.268 e. The predicted octanol–water partition coefficient (Wildman–Crippen LogP) is 1.15. The van der Waals surface area contributed by atoms with E-state index in [0.29, 0.717) is 5.69 Å². The molecule has 0 aliphatic carbocycles. The maximum absolute atomic E-state index is 11.7. The molecule has 2 amide bonds. The van der Waals surface area contributed by atoms with Gasteiger partial charge in [0.2, 0.25) is 5.91 Å². The van der Waals surface area contributed by atoms with Crippen LogP contribution in [-0.4, -0.2) is 28.3 Å². The van der Waals surface area contributed by atoms with Gasteiger partial charge in [-0.15, -0.1) is 0 Å². The molecule has 0 saturated carbocycles. The van der Waals surface area contributed by atoms with Crippen LogP contribution in [0.1, 0.15) is 43.9 Å². The number of nitrogens with one attached hydrogen (secondary N) is 3. The summed E-state index contributed by atoms with van der Waals surface area (Å²) in [6.45, 7) is 5.99. The van der Waals surface area contributed by atoms with Crippen LogP contribution in [-0.2, 0) is 9.59 Å². The summed E-state index contributed by atoms with van der Waals surface area (Å²) in [6.07, 6.45) is 5.34. The molecular formula is C14H18N4O2. The van der Waals surface area contributed by atoms with Crippen molar-refractivity contribution in [1.82, 2.24) is 20.6 Å². The van der Waals surface area contributed by atoms with Crippen LogP contribution >= 0.6 is 0 Å². The van der Waals surface area contributed by atoms with E-state index in [-0.39, 0.29) is 30.0 Å². The second-order valence-corrected chi connectivity index (χ2v) is 4.86. The highest BCUT2D eigenvalue weighted by atomic mass is 16.2. The average molecular weight is 274 g/mol. The Labute approximate surface area is 117 Å². The van der Waals surface area contributed by atoms with Crippen LogP contribution in [0.15, 0.2) is 11.8 Å². The Kier molecular flexibility index (Phi) is 4.02. The fraction of sp³-hybridized carbons (Fsp3) is 0.357. The fourth-order valence-corrected chi connectivity index (χ4v) is 1.95. The SMILES string of the molecule is CC=Cc1nc(C=C2NC(=O)CNC2=O)c(C(C)C)[nH]1. The van der Waals surface area contributed by atoms with E-state index in [9.17, 15) is 9.59 Å². The molecule has 1 aromatic rings. The van der Waals surface area contributed by atoms with Gasteiger partial charge < -0.3 is 15.6 Å². The van der Waals surface area contributed by atoms with Gasteiger partial charge in [0.05, 0.1) is 12.2 Å². The van der Waals surface area contributed by atoms with E-state index in [1.165, 1.54) is 0 Å². The summed E-state index contributed by atoms with van der Waals surface area (Å²) in [7, 11) is 0. The molecule has 3 N–H and O–H groups in total. The lowest BCUT2D eigenvalue weighted by Crippen LogP contribution is -2.46. The van der Waals surface area contributed by atoms with Crippen LogP contribution in [0.4, 0.5) is 0 Å². The maximum Gasteiger partial charge on any atom is 0.268 e. The topological polar surface area (TPSA) is 86.9 Å². The van der Waals surface area contributed by atoms with Crippen LogP contribution in [0.5, 0.6) is 0 Å². The maximum atomic E-state index is 11.7. The molecule has 0 unspecified atom stereocenters. The third-order valence-electron chi connectivity index (χ3n) is 2.89. The molecule has 2 heterocycles. The van der Waals surface area contributed by atoms with Crippen LogP contribution in [0, 0.1) is 0 Å². The largest absolute Gasteiger partial charge is 0.342 e. The zero-order valence-corrected chi connectivity index (χ0v) is 11.8. The number of carbonyl (C=O) groups is 2. The van der Waals surface area contributed by atoms with Crippen LogP contribution in [0.25, 0.3) is 12.2 Å². The van der Waals surface area contributed by atoms with Gasteiger partial charge in [-0.2, -0.15) is 0 Å². The minimum Gasteiger partial charge on any atom is -0.342 e. The van der Waals surface area contributed by atoms with Crippen molar-refractivity contribution in [2.75, 3.05) is 6.54 Å². The lowest BCUT2D eigenvalue weighted by Gasteiger charge is -2.15. The molecule has 1 aliphatic heterocycles. The summed E-state index contributed by atoms with van der Waals surface area (Å²) < 4.78 is 0. The number of rotatable bonds is 3. The van der Waals surface area contributed by atoms with E-state index in [1.54, 1.807) is 6.08 Å². The molecule has 1 aromatic heterocycles. The fourth-order valence-electron chi connectivity index (χ4n) is 1.95. The third-order valence-corrected chi connectivity index (χ3v) is 2.89. The molecule has 0 radical (unpaired) electrons. The number of allylic oxidation sites excluding steroid dienone is 1. The van der Waals surface area contributed by atoms with Crippen LogP contribution < -0.4 is 10.6 Å². The molecule has 0 atom stereocenters.